The Hall–Kier alpha value is -2.02. The van der Waals surface area contributed by atoms with Gasteiger partial charge in [0, 0.05) is 18.8 Å². The third-order valence-corrected chi connectivity index (χ3v) is 3.60. The molecule has 0 bridgehead atoms. The lowest BCUT2D eigenvalue weighted by molar-refractivity contribution is -0.154. The maximum Gasteiger partial charge on any atom is 0.422 e. The number of furan rings is 1. The van der Waals surface area contributed by atoms with E-state index >= 15 is 0 Å². The smallest absolute Gasteiger partial charge is 0.422 e. The number of ether oxygens (including phenoxy) is 1. The van der Waals surface area contributed by atoms with Crippen molar-refractivity contribution < 1.29 is 27.4 Å². The molecule has 11 heteroatoms. The van der Waals surface area contributed by atoms with Gasteiger partial charge in [0.05, 0.1) is 19.4 Å². The summed E-state index contributed by atoms with van der Waals surface area (Å²) < 4.78 is 46.2. The van der Waals surface area contributed by atoms with E-state index in [-0.39, 0.29) is 42.9 Å². The number of hydrogen-bond acceptors (Lipinski definition) is 5. The molecule has 0 spiro atoms. The van der Waals surface area contributed by atoms with E-state index in [1.807, 2.05) is 6.92 Å². The molecule has 0 saturated heterocycles. The van der Waals surface area contributed by atoms with Gasteiger partial charge in [0.2, 0.25) is 5.88 Å². The molecule has 2 heterocycles. The SMILES string of the molecule is CCNC(=NCc1ccc(OCC(F)(F)F)nc1)NCC(C)(O)c1ccco1.I. The fourth-order valence-corrected chi connectivity index (χ4v) is 2.19. The largest absolute Gasteiger partial charge is 0.468 e. The fraction of sp³-hybridized carbons (Fsp3) is 0.444. The number of alkyl halides is 3. The number of nitrogens with one attached hydrogen (secondary N) is 2. The minimum absolute atomic E-state index is 0. The van der Waals surface area contributed by atoms with E-state index in [1.165, 1.54) is 18.5 Å². The molecule has 3 N–H and O–H groups in total. The summed E-state index contributed by atoms with van der Waals surface area (Å²) in [6.45, 7) is 3.14. The molecule has 1 atom stereocenters. The van der Waals surface area contributed by atoms with Crippen LogP contribution in [0, 0.1) is 0 Å². The topological polar surface area (TPSA) is 91.9 Å². The molecule has 7 nitrogen and oxygen atoms in total. The Morgan fingerprint density at radius 1 is 1.28 bits per heavy atom. The van der Waals surface area contributed by atoms with Crippen LogP contribution in [0.1, 0.15) is 25.2 Å². The Morgan fingerprint density at radius 3 is 2.59 bits per heavy atom. The highest BCUT2D eigenvalue weighted by Crippen LogP contribution is 2.20. The van der Waals surface area contributed by atoms with Crippen molar-refractivity contribution in [2.24, 2.45) is 4.99 Å². The van der Waals surface area contributed by atoms with Crippen molar-refractivity contribution in [2.45, 2.75) is 32.2 Å². The molecule has 2 aromatic rings. The number of aromatic nitrogens is 1. The van der Waals surface area contributed by atoms with Crippen LogP contribution < -0.4 is 15.4 Å². The van der Waals surface area contributed by atoms with Crippen LogP contribution in [0.2, 0.25) is 0 Å². The van der Waals surface area contributed by atoms with Crippen LogP contribution in [0.4, 0.5) is 13.2 Å². The Kier molecular flexibility index (Phi) is 9.70. The number of rotatable bonds is 8. The monoisotopic (exact) mass is 528 g/mol. The summed E-state index contributed by atoms with van der Waals surface area (Å²) in [6.07, 6.45) is -1.52. The van der Waals surface area contributed by atoms with Gasteiger partial charge < -0.3 is 24.9 Å². The quantitative estimate of drug-likeness (QED) is 0.277. The van der Waals surface area contributed by atoms with Crippen LogP contribution in [0.25, 0.3) is 0 Å². The number of pyridine rings is 1. The van der Waals surface area contributed by atoms with E-state index in [0.717, 1.165) is 0 Å². The van der Waals surface area contributed by atoms with Gasteiger partial charge in [-0.25, -0.2) is 9.98 Å². The molecule has 0 aliphatic rings. The molecule has 2 rings (SSSR count). The van der Waals surface area contributed by atoms with Gasteiger partial charge in [-0.15, -0.1) is 24.0 Å². The minimum Gasteiger partial charge on any atom is -0.468 e. The van der Waals surface area contributed by atoms with E-state index in [9.17, 15) is 18.3 Å². The molecule has 0 aliphatic carbocycles. The van der Waals surface area contributed by atoms with E-state index in [1.54, 1.807) is 25.1 Å². The molecular weight excluding hydrogens is 504 g/mol. The van der Waals surface area contributed by atoms with E-state index < -0.39 is 18.4 Å². The lowest BCUT2D eigenvalue weighted by Gasteiger charge is -2.22. The summed E-state index contributed by atoms with van der Waals surface area (Å²) >= 11 is 0. The number of aliphatic imine (C=N–C) groups is 1. The van der Waals surface area contributed by atoms with Crippen molar-refractivity contribution in [3.05, 3.63) is 48.0 Å². The Labute approximate surface area is 183 Å². The van der Waals surface area contributed by atoms with Crippen molar-refractivity contribution in [3.63, 3.8) is 0 Å². The lowest BCUT2D eigenvalue weighted by Crippen LogP contribution is -2.44. The van der Waals surface area contributed by atoms with Crippen molar-refractivity contribution >= 4 is 29.9 Å². The molecule has 0 saturated carbocycles. The summed E-state index contributed by atoms with van der Waals surface area (Å²) in [7, 11) is 0. The number of hydrogen-bond donors (Lipinski definition) is 3. The molecular formula is C18H24F3IN4O3. The molecule has 2 aromatic heterocycles. The zero-order valence-electron chi connectivity index (χ0n) is 16.0. The maximum atomic E-state index is 12.1. The molecule has 162 valence electrons. The van der Waals surface area contributed by atoms with Crippen LogP contribution >= 0.6 is 24.0 Å². The zero-order valence-corrected chi connectivity index (χ0v) is 18.3. The van der Waals surface area contributed by atoms with Crippen LogP contribution in [0.15, 0.2) is 46.1 Å². The van der Waals surface area contributed by atoms with Gasteiger partial charge >= 0.3 is 6.18 Å². The second-order valence-electron chi connectivity index (χ2n) is 6.21. The lowest BCUT2D eigenvalue weighted by atomic mass is 10.0. The average Bonchev–Trinajstić information content (AvgIpc) is 3.18. The third kappa shape index (κ3) is 8.90. The maximum absolute atomic E-state index is 12.1. The number of nitrogens with zero attached hydrogens (tertiary/aromatic N) is 2. The molecule has 29 heavy (non-hydrogen) atoms. The van der Waals surface area contributed by atoms with Gasteiger partial charge in [-0.3, -0.25) is 0 Å². The number of aliphatic hydroxyl groups is 1. The standard InChI is InChI=1S/C18H23F3N4O3.HI/c1-3-22-16(25-11-17(2,26)14-5-4-8-27-14)24-10-13-6-7-15(23-9-13)28-12-18(19,20)21;/h4-9,26H,3,10-12H2,1-2H3,(H2,22,24,25);1H. The van der Waals surface area contributed by atoms with Crippen molar-refractivity contribution in [2.75, 3.05) is 19.7 Å². The van der Waals surface area contributed by atoms with Gasteiger partial charge in [-0.2, -0.15) is 13.2 Å². The second-order valence-corrected chi connectivity index (χ2v) is 6.21. The molecule has 0 fully saturated rings. The highest BCUT2D eigenvalue weighted by atomic mass is 127. The predicted octanol–water partition coefficient (Wildman–Crippen LogP) is 3.20. The summed E-state index contributed by atoms with van der Waals surface area (Å²) in [4.78, 5) is 8.21. The number of halogens is 4. The van der Waals surface area contributed by atoms with Crippen molar-refractivity contribution in [1.29, 1.82) is 0 Å². The van der Waals surface area contributed by atoms with Crippen LogP contribution in [-0.2, 0) is 12.1 Å². The Bertz CT molecular complexity index is 751. The van der Waals surface area contributed by atoms with Gasteiger partial charge in [0.1, 0.15) is 11.4 Å². The van der Waals surface area contributed by atoms with E-state index in [0.29, 0.717) is 23.8 Å². The molecule has 0 radical (unpaired) electrons. The summed E-state index contributed by atoms with van der Waals surface area (Å²) in [5.74, 6) is 0.783. The summed E-state index contributed by atoms with van der Waals surface area (Å²) in [5.41, 5.74) is -0.534. The summed E-state index contributed by atoms with van der Waals surface area (Å²) in [5, 5.41) is 16.5. The highest BCUT2D eigenvalue weighted by Gasteiger charge is 2.28. The zero-order chi connectivity index (χ0) is 20.6. The highest BCUT2D eigenvalue weighted by molar-refractivity contribution is 14.0. The van der Waals surface area contributed by atoms with Crippen LogP contribution in [-0.4, -0.2) is 41.9 Å². The van der Waals surface area contributed by atoms with Gasteiger partial charge in [0.25, 0.3) is 0 Å². The number of guanidine groups is 1. The van der Waals surface area contributed by atoms with E-state index in [4.69, 9.17) is 4.42 Å². The fourth-order valence-electron chi connectivity index (χ4n) is 2.19. The molecule has 0 amide bonds. The Balaban J connectivity index is 0.00000420. The average molecular weight is 528 g/mol. The first kappa shape index (κ1) is 25.0. The van der Waals surface area contributed by atoms with Crippen molar-refractivity contribution in [1.82, 2.24) is 15.6 Å². The second kappa shape index (κ2) is 11.2. The van der Waals surface area contributed by atoms with Crippen molar-refractivity contribution in [3.8, 4) is 5.88 Å². The minimum atomic E-state index is -4.41. The normalized spacial score (nSPS) is 13.9. The molecule has 0 aliphatic heterocycles. The predicted molar refractivity (Wildman–Crippen MR) is 112 cm³/mol. The van der Waals surface area contributed by atoms with E-state index in [2.05, 4.69) is 25.3 Å². The van der Waals surface area contributed by atoms with Gasteiger partial charge in [-0.05, 0) is 31.5 Å². The van der Waals surface area contributed by atoms with Gasteiger partial charge in [-0.1, -0.05) is 6.07 Å². The molecule has 0 aromatic carbocycles. The first-order valence-corrected chi connectivity index (χ1v) is 8.62. The Morgan fingerprint density at radius 2 is 2.03 bits per heavy atom. The summed E-state index contributed by atoms with van der Waals surface area (Å²) in [6, 6.07) is 6.32. The van der Waals surface area contributed by atoms with Crippen LogP contribution in [0.5, 0.6) is 5.88 Å². The van der Waals surface area contributed by atoms with Gasteiger partial charge in [0.15, 0.2) is 12.6 Å². The third-order valence-electron chi connectivity index (χ3n) is 3.60. The molecule has 1 unspecified atom stereocenters. The first-order chi connectivity index (χ1) is 13.2. The van der Waals surface area contributed by atoms with Crippen LogP contribution in [0.3, 0.4) is 0 Å². The first-order valence-electron chi connectivity index (χ1n) is 8.62.